The highest BCUT2D eigenvalue weighted by molar-refractivity contribution is 7.09. The normalized spacial score (nSPS) is 11.8. The molecule has 0 aliphatic rings. The smallest absolute Gasteiger partial charge is 0.202 e. The summed E-state index contributed by atoms with van der Waals surface area (Å²) >= 11 is 1.45. The quantitative estimate of drug-likeness (QED) is 0.736. The van der Waals surface area contributed by atoms with E-state index in [0.717, 1.165) is 17.5 Å². The molecule has 0 bridgehead atoms. The van der Waals surface area contributed by atoms with Gasteiger partial charge in [0.25, 0.3) is 0 Å². The Morgan fingerprint density at radius 2 is 2.06 bits per heavy atom. The van der Waals surface area contributed by atoms with E-state index in [4.69, 9.17) is 0 Å². The van der Waals surface area contributed by atoms with Gasteiger partial charge in [0.2, 0.25) is 5.13 Å². The fraction of sp³-hybridized carbons (Fsp3) is 0.833. The van der Waals surface area contributed by atoms with Gasteiger partial charge in [0.05, 0.1) is 0 Å². The first kappa shape index (κ1) is 13.4. The molecule has 1 aromatic heterocycles. The van der Waals surface area contributed by atoms with Crippen LogP contribution in [0.2, 0.25) is 0 Å². The van der Waals surface area contributed by atoms with E-state index in [9.17, 15) is 0 Å². The number of aromatic nitrogens is 2. The number of anilines is 1. The van der Waals surface area contributed by atoms with E-state index >= 15 is 0 Å². The molecule has 1 N–H and O–H groups in total. The van der Waals surface area contributed by atoms with Crippen molar-refractivity contribution in [3.8, 4) is 0 Å². The van der Waals surface area contributed by atoms with E-state index in [1.165, 1.54) is 37.2 Å². The summed E-state index contributed by atoms with van der Waals surface area (Å²) in [6.07, 6.45) is 5.21. The molecule has 0 aliphatic carbocycles. The largest absolute Gasteiger partial charge is 0.360 e. The fourth-order valence-electron chi connectivity index (χ4n) is 1.63. The Hall–Kier alpha value is -0.640. The topological polar surface area (TPSA) is 37.8 Å². The van der Waals surface area contributed by atoms with Gasteiger partial charge in [0, 0.05) is 18.1 Å². The maximum absolute atomic E-state index is 4.31. The molecule has 1 rings (SSSR count). The van der Waals surface area contributed by atoms with Crippen LogP contribution in [0.5, 0.6) is 0 Å². The SMILES string of the molecule is CCCCCC(C)(C)CNc1nc(C)ns1. The van der Waals surface area contributed by atoms with Crippen LogP contribution in [0.4, 0.5) is 5.13 Å². The molecule has 16 heavy (non-hydrogen) atoms. The standard InChI is InChI=1S/C12H23N3S/c1-5-6-7-8-12(3,4)9-13-11-14-10(2)15-16-11/h5-9H2,1-4H3,(H,13,14,15). The van der Waals surface area contributed by atoms with Crippen molar-refractivity contribution in [1.82, 2.24) is 9.36 Å². The molecule has 0 fully saturated rings. The molecule has 0 aliphatic heterocycles. The third-order valence-electron chi connectivity index (χ3n) is 2.70. The average Bonchev–Trinajstić information content (AvgIpc) is 2.62. The van der Waals surface area contributed by atoms with E-state index in [-0.39, 0.29) is 0 Å². The van der Waals surface area contributed by atoms with Crippen LogP contribution >= 0.6 is 11.5 Å². The van der Waals surface area contributed by atoms with Gasteiger partial charge < -0.3 is 5.32 Å². The summed E-state index contributed by atoms with van der Waals surface area (Å²) in [4.78, 5) is 4.31. The summed E-state index contributed by atoms with van der Waals surface area (Å²) in [7, 11) is 0. The molecule has 1 heterocycles. The maximum Gasteiger partial charge on any atom is 0.202 e. The predicted molar refractivity (Wildman–Crippen MR) is 71.1 cm³/mol. The van der Waals surface area contributed by atoms with E-state index in [0.29, 0.717) is 5.41 Å². The average molecular weight is 241 g/mol. The molecule has 0 spiro atoms. The lowest BCUT2D eigenvalue weighted by atomic mass is 9.87. The monoisotopic (exact) mass is 241 g/mol. The van der Waals surface area contributed by atoms with Crippen LogP contribution < -0.4 is 5.32 Å². The molecule has 92 valence electrons. The molecule has 1 aromatic rings. The summed E-state index contributed by atoms with van der Waals surface area (Å²) in [5.74, 6) is 0.858. The molecule has 0 atom stereocenters. The molecule has 0 radical (unpaired) electrons. The van der Waals surface area contributed by atoms with Gasteiger partial charge in [-0.15, -0.1) is 0 Å². The van der Waals surface area contributed by atoms with Crippen LogP contribution in [-0.4, -0.2) is 15.9 Å². The Bertz CT molecular complexity index is 307. The van der Waals surface area contributed by atoms with Gasteiger partial charge in [0.1, 0.15) is 5.82 Å². The van der Waals surface area contributed by atoms with Crippen LogP contribution in [0.25, 0.3) is 0 Å². The van der Waals surface area contributed by atoms with E-state index in [1.807, 2.05) is 6.92 Å². The number of hydrogen-bond acceptors (Lipinski definition) is 4. The van der Waals surface area contributed by atoms with Crippen molar-refractivity contribution in [1.29, 1.82) is 0 Å². The first-order chi connectivity index (χ1) is 7.53. The van der Waals surface area contributed by atoms with Gasteiger partial charge in [-0.1, -0.05) is 40.0 Å². The zero-order chi connectivity index (χ0) is 12.0. The lowest BCUT2D eigenvalue weighted by Crippen LogP contribution is -2.22. The van der Waals surface area contributed by atoms with Crippen LogP contribution in [-0.2, 0) is 0 Å². The molecular formula is C12H23N3S. The molecule has 0 unspecified atom stereocenters. The highest BCUT2D eigenvalue weighted by Crippen LogP contribution is 2.24. The molecule has 0 saturated carbocycles. The van der Waals surface area contributed by atoms with Crippen LogP contribution in [0.3, 0.4) is 0 Å². The molecule has 3 nitrogen and oxygen atoms in total. The minimum absolute atomic E-state index is 0.342. The minimum atomic E-state index is 0.342. The molecule has 0 amide bonds. The molecule has 4 heteroatoms. The van der Waals surface area contributed by atoms with E-state index < -0.39 is 0 Å². The molecule has 0 aromatic carbocycles. The number of aryl methyl sites for hydroxylation is 1. The summed E-state index contributed by atoms with van der Waals surface area (Å²) in [5, 5.41) is 4.32. The first-order valence-corrected chi connectivity index (χ1v) is 6.85. The third-order valence-corrected chi connectivity index (χ3v) is 3.47. The van der Waals surface area contributed by atoms with Crippen molar-refractivity contribution in [2.24, 2.45) is 5.41 Å². The van der Waals surface area contributed by atoms with Gasteiger partial charge in [0.15, 0.2) is 0 Å². The molecular weight excluding hydrogens is 218 g/mol. The van der Waals surface area contributed by atoms with Gasteiger partial charge in [-0.25, -0.2) is 4.98 Å². The van der Waals surface area contributed by atoms with Crippen LogP contribution in [0.1, 0.15) is 52.3 Å². The zero-order valence-corrected chi connectivity index (χ0v) is 11.7. The van der Waals surface area contributed by atoms with Crippen molar-refractivity contribution >= 4 is 16.7 Å². The van der Waals surface area contributed by atoms with Gasteiger partial charge >= 0.3 is 0 Å². The number of nitrogens with one attached hydrogen (secondary N) is 1. The Morgan fingerprint density at radius 1 is 1.31 bits per heavy atom. The third kappa shape index (κ3) is 4.92. The second-order valence-electron chi connectivity index (χ2n) is 5.12. The Morgan fingerprint density at radius 3 is 2.62 bits per heavy atom. The summed E-state index contributed by atoms with van der Waals surface area (Å²) in [5.41, 5.74) is 0.342. The Labute approximate surface area is 103 Å². The predicted octanol–water partition coefficient (Wildman–Crippen LogP) is 3.86. The Kier molecular flexibility index (Phi) is 5.19. The lowest BCUT2D eigenvalue weighted by Gasteiger charge is -2.24. The van der Waals surface area contributed by atoms with Gasteiger partial charge in [-0.3, -0.25) is 0 Å². The van der Waals surface area contributed by atoms with Crippen LogP contribution in [0.15, 0.2) is 0 Å². The van der Waals surface area contributed by atoms with Crippen LogP contribution in [0, 0.1) is 12.3 Å². The number of nitrogens with zero attached hydrogens (tertiary/aromatic N) is 2. The van der Waals surface area contributed by atoms with E-state index in [1.54, 1.807) is 0 Å². The zero-order valence-electron chi connectivity index (χ0n) is 10.8. The fourth-order valence-corrected chi connectivity index (χ4v) is 2.19. The van der Waals surface area contributed by atoms with E-state index in [2.05, 4.69) is 35.4 Å². The highest BCUT2D eigenvalue weighted by atomic mass is 32.1. The number of rotatable bonds is 7. The second-order valence-corrected chi connectivity index (χ2v) is 5.87. The highest BCUT2D eigenvalue weighted by Gasteiger charge is 2.17. The summed E-state index contributed by atoms with van der Waals surface area (Å²) in [6.45, 7) is 9.77. The Balaban J connectivity index is 2.29. The van der Waals surface area contributed by atoms with Crippen molar-refractivity contribution in [2.75, 3.05) is 11.9 Å². The summed E-state index contributed by atoms with van der Waals surface area (Å²) < 4.78 is 4.16. The van der Waals surface area contributed by atoms with Crippen molar-refractivity contribution in [2.45, 2.75) is 53.4 Å². The number of hydrogen-bond donors (Lipinski definition) is 1. The second kappa shape index (κ2) is 6.18. The van der Waals surface area contributed by atoms with Gasteiger partial charge in [-0.05, 0) is 18.8 Å². The van der Waals surface area contributed by atoms with Crippen molar-refractivity contribution in [3.63, 3.8) is 0 Å². The van der Waals surface area contributed by atoms with Gasteiger partial charge in [-0.2, -0.15) is 4.37 Å². The lowest BCUT2D eigenvalue weighted by molar-refractivity contribution is 0.342. The molecule has 0 saturated heterocycles. The number of unbranched alkanes of at least 4 members (excludes halogenated alkanes) is 2. The minimum Gasteiger partial charge on any atom is -0.360 e. The summed E-state index contributed by atoms with van der Waals surface area (Å²) in [6, 6.07) is 0. The van der Waals surface area contributed by atoms with Crippen molar-refractivity contribution < 1.29 is 0 Å². The first-order valence-electron chi connectivity index (χ1n) is 6.08. The van der Waals surface area contributed by atoms with Crippen molar-refractivity contribution in [3.05, 3.63) is 5.82 Å². The maximum atomic E-state index is 4.31.